The summed E-state index contributed by atoms with van der Waals surface area (Å²) in [7, 11) is 0. The highest BCUT2D eigenvalue weighted by atomic mass is 19.1. The lowest BCUT2D eigenvalue weighted by Crippen LogP contribution is -2.09. The van der Waals surface area contributed by atoms with Gasteiger partial charge in [0.25, 0.3) is 5.56 Å². The van der Waals surface area contributed by atoms with Crippen LogP contribution in [0.25, 0.3) is 27.8 Å². The Morgan fingerprint density at radius 3 is 2.90 bits per heavy atom. The van der Waals surface area contributed by atoms with E-state index in [2.05, 4.69) is 15.1 Å². The molecule has 0 amide bonds. The first-order valence-corrected chi connectivity index (χ1v) is 6.35. The first-order valence-electron chi connectivity index (χ1n) is 6.35. The summed E-state index contributed by atoms with van der Waals surface area (Å²) in [4.78, 5) is 18.5. The number of rotatable bonds is 1. The fourth-order valence-electron chi connectivity index (χ4n) is 2.40. The topological polar surface area (TPSA) is 63.0 Å². The van der Waals surface area contributed by atoms with Crippen LogP contribution in [0.3, 0.4) is 0 Å². The van der Waals surface area contributed by atoms with Gasteiger partial charge in [0, 0.05) is 17.8 Å². The number of H-pyrrole nitrogens is 1. The second-order valence-corrected chi connectivity index (χ2v) is 4.65. The van der Waals surface area contributed by atoms with Crippen LogP contribution in [0.5, 0.6) is 0 Å². The van der Waals surface area contributed by atoms with Crippen molar-refractivity contribution in [2.45, 2.75) is 0 Å². The van der Waals surface area contributed by atoms with E-state index in [9.17, 15) is 9.18 Å². The van der Waals surface area contributed by atoms with Crippen LogP contribution in [-0.4, -0.2) is 19.6 Å². The van der Waals surface area contributed by atoms with Crippen LogP contribution >= 0.6 is 0 Å². The number of aromatic nitrogens is 4. The van der Waals surface area contributed by atoms with Crippen molar-refractivity contribution < 1.29 is 4.39 Å². The molecule has 21 heavy (non-hydrogen) atoms. The van der Waals surface area contributed by atoms with E-state index < -0.39 is 5.82 Å². The average Bonchev–Trinajstić information content (AvgIpc) is 2.92. The summed E-state index contributed by atoms with van der Waals surface area (Å²) in [6, 6.07) is 10.3. The standard InChI is InChI=1S/C15H9FN4O/c16-11-8-17-6-5-9(11)12-7-14-18-15(21)10-3-1-2-4-13(10)20(14)19-12/h1-8H,(H,18,21). The number of para-hydroxylation sites is 1. The molecule has 6 heteroatoms. The average molecular weight is 280 g/mol. The highest BCUT2D eigenvalue weighted by Gasteiger charge is 2.12. The lowest BCUT2D eigenvalue weighted by molar-refractivity contribution is 0.624. The van der Waals surface area contributed by atoms with Crippen LogP contribution in [0.15, 0.2) is 53.6 Å². The fourth-order valence-corrected chi connectivity index (χ4v) is 2.40. The van der Waals surface area contributed by atoms with Crippen molar-refractivity contribution in [1.82, 2.24) is 19.6 Å². The van der Waals surface area contributed by atoms with Gasteiger partial charge in [0.2, 0.25) is 0 Å². The number of benzene rings is 1. The summed E-state index contributed by atoms with van der Waals surface area (Å²) in [5.41, 5.74) is 1.79. The molecule has 0 bridgehead atoms. The van der Waals surface area contributed by atoms with E-state index in [1.165, 1.54) is 6.20 Å². The molecule has 4 aromatic rings. The van der Waals surface area contributed by atoms with Gasteiger partial charge in [-0.15, -0.1) is 0 Å². The largest absolute Gasteiger partial charge is 0.306 e. The van der Waals surface area contributed by atoms with E-state index >= 15 is 0 Å². The molecule has 0 aliphatic heterocycles. The van der Waals surface area contributed by atoms with Crippen molar-refractivity contribution in [3.8, 4) is 11.3 Å². The normalized spacial score (nSPS) is 11.3. The van der Waals surface area contributed by atoms with Gasteiger partial charge in [-0.3, -0.25) is 9.78 Å². The third-order valence-electron chi connectivity index (χ3n) is 3.38. The molecular formula is C15H9FN4O. The second-order valence-electron chi connectivity index (χ2n) is 4.65. The monoisotopic (exact) mass is 280 g/mol. The van der Waals surface area contributed by atoms with Gasteiger partial charge in [-0.2, -0.15) is 5.10 Å². The van der Waals surface area contributed by atoms with Crippen LogP contribution in [0, 0.1) is 5.82 Å². The van der Waals surface area contributed by atoms with Gasteiger partial charge in [-0.05, 0) is 18.2 Å². The van der Waals surface area contributed by atoms with Crippen LogP contribution in [0.4, 0.5) is 4.39 Å². The minimum Gasteiger partial charge on any atom is -0.306 e. The van der Waals surface area contributed by atoms with Gasteiger partial charge >= 0.3 is 0 Å². The molecule has 0 fully saturated rings. The van der Waals surface area contributed by atoms with Gasteiger partial charge in [0.15, 0.2) is 5.82 Å². The Labute approximate surface area is 117 Å². The molecule has 3 heterocycles. The number of nitrogens with zero attached hydrogens (tertiary/aromatic N) is 3. The second kappa shape index (κ2) is 4.24. The molecule has 0 aliphatic carbocycles. The molecule has 0 saturated carbocycles. The molecule has 0 spiro atoms. The number of halogens is 1. The predicted octanol–water partition coefficient (Wildman–Crippen LogP) is 2.38. The number of hydrogen-bond donors (Lipinski definition) is 1. The maximum atomic E-state index is 13.8. The molecule has 4 rings (SSSR count). The van der Waals surface area contributed by atoms with Crippen molar-refractivity contribution in [3.63, 3.8) is 0 Å². The molecule has 102 valence electrons. The number of aromatic amines is 1. The molecule has 3 aromatic heterocycles. The maximum absolute atomic E-state index is 13.8. The summed E-state index contributed by atoms with van der Waals surface area (Å²) >= 11 is 0. The van der Waals surface area contributed by atoms with Gasteiger partial charge < -0.3 is 4.98 Å². The first kappa shape index (κ1) is 11.8. The summed E-state index contributed by atoms with van der Waals surface area (Å²) in [5, 5.41) is 4.93. The Morgan fingerprint density at radius 2 is 2.05 bits per heavy atom. The minimum atomic E-state index is -0.451. The molecule has 0 radical (unpaired) electrons. The predicted molar refractivity (Wildman–Crippen MR) is 76.5 cm³/mol. The summed E-state index contributed by atoms with van der Waals surface area (Å²) < 4.78 is 15.4. The number of fused-ring (bicyclic) bond motifs is 3. The molecule has 1 aromatic carbocycles. The highest BCUT2D eigenvalue weighted by Crippen LogP contribution is 2.22. The number of pyridine rings is 1. The van der Waals surface area contributed by atoms with Crippen LogP contribution < -0.4 is 5.56 Å². The van der Waals surface area contributed by atoms with Crippen LogP contribution in [-0.2, 0) is 0 Å². The van der Waals surface area contributed by atoms with Gasteiger partial charge in [-0.1, -0.05) is 12.1 Å². The Hall–Kier alpha value is -3.02. The Morgan fingerprint density at radius 1 is 1.19 bits per heavy atom. The lowest BCUT2D eigenvalue weighted by atomic mass is 10.2. The van der Waals surface area contributed by atoms with E-state index in [-0.39, 0.29) is 5.56 Å². The Kier molecular flexibility index (Phi) is 2.38. The molecular weight excluding hydrogens is 271 g/mol. The van der Waals surface area contributed by atoms with Crippen molar-refractivity contribution in [3.05, 3.63) is 65.0 Å². The summed E-state index contributed by atoms with van der Waals surface area (Å²) in [6.07, 6.45) is 2.64. The zero-order valence-electron chi connectivity index (χ0n) is 10.7. The van der Waals surface area contributed by atoms with E-state index in [1.54, 1.807) is 34.8 Å². The zero-order valence-corrected chi connectivity index (χ0v) is 10.7. The van der Waals surface area contributed by atoms with Gasteiger partial charge in [-0.25, -0.2) is 8.91 Å². The molecule has 0 aliphatic rings. The quantitative estimate of drug-likeness (QED) is 0.582. The SMILES string of the molecule is O=c1[nH]c2cc(-c3ccncc3F)nn2c2ccccc12. The molecule has 0 saturated heterocycles. The van der Waals surface area contributed by atoms with Crippen LogP contribution in [0.1, 0.15) is 0 Å². The third-order valence-corrected chi connectivity index (χ3v) is 3.38. The van der Waals surface area contributed by atoms with E-state index in [4.69, 9.17) is 0 Å². The lowest BCUT2D eigenvalue weighted by Gasteiger charge is -1.99. The third kappa shape index (κ3) is 1.73. The van der Waals surface area contributed by atoms with E-state index in [0.717, 1.165) is 6.20 Å². The van der Waals surface area contributed by atoms with Crippen molar-refractivity contribution >= 4 is 16.6 Å². The van der Waals surface area contributed by atoms with Crippen molar-refractivity contribution in [2.75, 3.05) is 0 Å². The first-order chi connectivity index (χ1) is 10.2. The molecule has 0 unspecified atom stereocenters. The van der Waals surface area contributed by atoms with E-state index in [0.29, 0.717) is 27.8 Å². The summed E-state index contributed by atoms with van der Waals surface area (Å²) in [6.45, 7) is 0. The van der Waals surface area contributed by atoms with Gasteiger partial charge in [0.1, 0.15) is 5.65 Å². The molecule has 0 atom stereocenters. The minimum absolute atomic E-state index is 0.195. The molecule has 1 N–H and O–H groups in total. The molecule has 5 nitrogen and oxygen atoms in total. The highest BCUT2D eigenvalue weighted by molar-refractivity contribution is 5.81. The van der Waals surface area contributed by atoms with Gasteiger partial charge in [0.05, 0.1) is 22.8 Å². The fraction of sp³-hybridized carbons (Fsp3) is 0. The van der Waals surface area contributed by atoms with E-state index in [1.807, 2.05) is 6.07 Å². The van der Waals surface area contributed by atoms with Crippen molar-refractivity contribution in [1.29, 1.82) is 0 Å². The number of nitrogens with one attached hydrogen (secondary N) is 1. The number of hydrogen-bond acceptors (Lipinski definition) is 3. The summed E-state index contributed by atoms with van der Waals surface area (Å²) in [5.74, 6) is -0.451. The Balaban J connectivity index is 2.10. The Bertz CT molecular complexity index is 1030. The van der Waals surface area contributed by atoms with Crippen molar-refractivity contribution in [2.24, 2.45) is 0 Å². The smallest absolute Gasteiger partial charge is 0.259 e. The maximum Gasteiger partial charge on any atom is 0.259 e. The van der Waals surface area contributed by atoms with Crippen LogP contribution in [0.2, 0.25) is 0 Å². The zero-order chi connectivity index (χ0) is 14.4.